The van der Waals surface area contributed by atoms with Crippen LogP contribution in [-0.4, -0.2) is 22.9 Å². The minimum absolute atomic E-state index is 0.0450. The molecule has 0 radical (unpaired) electrons. The number of aliphatic hydroxyl groups excluding tert-OH is 2. The second-order valence-electron chi connectivity index (χ2n) is 2.91. The van der Waals surface area contributed by atoms with Crippen molar-refractivity contribution in [2.75, 3.05) is 6.61 Å². The van der Waals surface area contributed by atoms with E-state index in [0.29, 0.717) is 6.42 Å². The van der Waals surface area contributed by atoms with Gasteiger partial charge in [-0.05, 0) is 25.8 Å². The molecule has 0 aliphatic rings. The summed E-state index contributed by atoms with van der Waals surface area (Å²) < 4.78 is 0. The van der Waals surface area contributed by atoms with E-state index in [1.54, 1.807) is 6.92 Å². The second-order valence-corrected chi connectivity index (χ2v) is 2.91. The first-order valence-electron chi connectivity index (χ1n) is 4.48. The van der Waals surface area contributed by atoms with Crippen LogP contribution in [0.15, 0.2) is 36.0 Å². The molecule has 0 rings (SSSR count). The van der Waals surface area contributed by atoms with E-state index in [9.17, 15) is 0 Å². The van der Waals surface area contributed by atoms with Gasteiger partial charge in [0.2, 0.25) is 0 Å². The van der Waals surface area contributed by atoms with Gasteiger partial charge in [0, 0.05) is 0 Å². The second kappa shape index (κ2) is 7.77. The molecule has 0 aromatic heterocycles. The van der Waals surface area contributed by atoms with Crippen LogP contribution in [0.2, 0.25) is 0 Å². The first-order chi connectivity index (χ1) is 6.20. The molecule has 0 saturated heterocycles. The van der Waals surface area contributed by atoms with Gasteiger partial charge in [-0.2, -0.15) is 0 Å². The minimum atomic E-state index is -0.302. The van der Waals surface area contributed by atoms with E-state index in [2.05, 4.69) is 0 Å². The number of hydrogen-bond acceptors (Lipinski definition) is 2. The highest BCUT2D eigenvalue weighted by Crippen LogP contribution is 1.97. The Morgan fingerprint density at radius 3 is 2.62 bits per heavy atom. The maximum Gasteiger partial charge on any atom is 0.0681 e. The highest BCUT2D eigenvalue weighted by molar-refractivity contribution is 5.23. The van der Waals surface area contributed by atoms with Gasteiger partial charge >= 0.3 is 0 Å². The van der Waals surface area contributed by atoms with Gasteiger partial charge in [-0.3, -0.25) is 0 Å². The van der Waals surface area contributed by atoms with Crippen LogP contribution in [0.5, 0.6) is 0 Å². The molecule has 2 heteroatoms. The Hall–Kier alpha value is -0.860. The van der Waals surface area contributed by atoms with Crippen LogP contribution in [0.4, 0.5) is 0 Å². The Labute approximate surface area is 79.9 Å². The highest BCUT2D eigenvalue weighted by atomic mass is 16.3. The predicted molar refractivity (Wildman–Crippen MR) is 55.4 cm³/mol. The highest BCUT2D eigenvalue weighted by Gasteiger charge is 1.88. The van der Waals surface area contributed by atoms with Crippen molar-refractivity contribution in [2.24, 2.45) is 0 Å². The molecule has 0 unspecified atom stereocenters. The lowest BCUT2D eigenvalue weighted by Crippen LogP contribution is -1.95. The van der Waals surface area contributed by atoms with E-state index in [1.165, 1.54) is 0 Å². The monoisotopic (exact) mass is 182 g/mol. The molecule has 13 heavy (non-hydrogen) atoms. The smallest absolute Gasteiger partial charge is 0.0681 e. The van der Waals surface area contributed by atoms with E-state index in [0.717, 1.165) is 5.57 Å². The summed E-state index contributed by atoms with van der Waals surface area (Å²) in [6.45, 7) is 3.69. The third-order valence-corrected chi connectivity index (χ3v) is 1.49. The van der Waals surface area contributed by atoms with E-state index >= 15 is 0 Å². The summed E-state index contributed by atoms with van der Waals surface area (Å²) in [6.07, 6.45) is 9.64. The number of hydrogen-bond donors (Lipinski definition) is 2. The standard InChI is InChI=1S/C11H18O2/c1-3-6-11(9-12)8-5-4-7-10(2)13/h3-6,8,10,12-13H,7,9H2,1-2H3/b5-4+,6-3+,11-8+/t10-/m1/s1. The molecule has 74 valence electrons. The third kappa shape index (κ3) is 7.50. The first kappa shape index (κ1) is 12.1. The third-order valence-electron chi connectivity index (χ3n) is 1.49. The number of aliphatic hydroxyl groups is 2. The first-order valence-corrected chi connectivity index (χ1v) is 4.48. The molecular weight excluding hydrogens is 164 g/mol. The topological polar surface area (TPSA) is 40.5 Å². The Kier molecular flexibility index (Phi) is 7.26. The molecule has 0 amide bonds. The van der Waals surface area contributed by atoms with Crippen LogP contribution in [0, 0.1) is 0 Å². The van der Waals surface area contributed by atoms with Crippen molar-refractivity contribution in [1.82, 2.24) is 0 Å². The van der Waals surface area contributed by atoms with Gasteiger partial charge in [0.05, 0.1) is 12.7 Å². The van der Waals surface area contributed by atoms with Crippen LogP contribution >= 0.6 is 0 Å². The summed E-state index contributed by atoms with van der Waals surface area (Å²) >= 11 is 0. The van der Waals surface area contributed by atoms with Crippen molar-refractivity contribution in [1.29, 1.82) is 0 Å². The van der Waals surface area contributed by atoms with Gasteiger partial charge in [0.15, 0.2) is 0 Å². The Morgan fingerprint density at radius 1 is 1.46 bits per heavy atom. The van der Waals surface area contributed by atoms with Gasteiger partial charge < -0.3 is 10.2 Å². The van der Waals surface area contributed by atoms with E-state index in [1.807, 2.05) is 37.3 Å². The van der Waals surface area contributed by atoms with Crippen molar-refractivity contribution >= 4 is 0 Å². The van der Waals surface area contributed by atoms with E-state index in [4.69, 9.17) is 10.2 Å². The summed E-state index contributed by atoms with van der Waals surface area (Å²) in [6, 6.07) is 0. The molecule has 0 spiro atoms. The molecule has 0 aliphatic carbocycles. The molecule has 2 nitrogen and oxygen atoms in total. The zero-order valence-electron chi connectivity index (χ0n) is 8.27. The predicted octanol–water partition coefficient (Wildman–Crippen LogP) is 1.81. The van der Waals surface area contributed by atoms with Crippen LogP contribution < -0.4 is 0 Å². The molecule has 2 N–H and O–H groups in total. The van der Waals surface area contributed by atoms with Crippen LogP contribution in [0.3, 0.4) is 0 Å². The Bertz CT molecular complexity index is 200. The zero-order chi connectivity index (χ0) is 10.1. The fraction of sp³-hybridized carbons (Fsp3) is 0.455. The number of rotatable bonds is 5. The van der Waals surface area contributed by atoms with E-state index < -0.39 is 0 Å². The molecule has 0 aromatic rings. The fourth-order valence-corrected chi connectivity index (χ4v) is 0.842. The average molecular weight is 182 g/mol. The maximum absolute atomic E-state index is 8.94. The van der Waals surface area contributed by atoms with Crippen LogP contribution in [0.25, 0.3) is 0 Å². The van der Waals surface area contributed by atoms with Crippen molar-refractivity contribution < 1.29 is 10.2 Å². The summed E-state index contributed by atoms with van der Waals surface area (Å²) in [5.41, 5.74) is 0.865. The molecular formula is C11H18O2. The number of allylic oxidation sites excluding steroid dienone is 3. The molecule has 0 fully saturated rings. The van der Waals surface area contributed by atoms with Crippen LogP contribution in [-0.2, 0) is 0 Å². The summed E-state index contributed by atoms with van der Waals surface area (Å²) in [7, 11) is 0. The maximum atomic E-state index is 8.94. The Balaban J connectivity index is 3.98. The molecule has 0 heterocycles. The van der Waals surface area contributed by atoms with Crippen molar-refractivity contribution in [3.05, 3.63) is 36.0 Å². The lowest BCUT2D eigenvalue weighted by molar-refractivity contribution is 0.198. The van der Waals surface area contributed by atoms with Crippen molar-refractivity contribution in [3.63, 3.8) is 0 Å². The average Bonchev–Trinajstić information content (AvgIpc) is 2.10. The van der Waals surface area contributed by atoms with Crippen molar-refractivity contribution in [3.8, 4) is 0 Å². The van der Waals surface area contributed by atoms with E-state index in [-0.39, 0.29) is 12.7 Å². The molecule has 0 saturated carbocycles. The lowest BCUT2D eigenvalue weighted by atomic mass is 10.2. The van der Waals surface area contributed by atoms with Gasteiger partial charge in [-0.1, -0.05) is 30.4 Å². The molecule has 0 bridgehead atoms. The zero-order valence-corrected chi connectivity index (χ0v) is 8.27. The van der Waals surface area contributed by atoms with Gasteiger partial charge in [0.25, 0.3) is 0 Å². The SMILES string of the molecule is C/C=C/C(=C\C=C\C[C@@H](C)O)CO. The van der Waals surface area contributed by atoms with Gasteiger partial charge in [-0.25, -0.2) is 0 Å². The minimum Gasteiger partial charge on any atom is -0.393 e. The fourth-order valence-electron chi connectivity index (χ4n) is 0.842. The molecule has 1 atom stereocenters. The largest absolute Gasteiger partial charge is 0.393 e. The normalized spacial score (nSPS) is 15.8. The Morgan fingerprint density at radius 2 is 2.15 bits per heavy atom. The summed E-state index contributed by atoms with van der Waals surface area (Å²) in [5.74, 6) is 0. The van der Waals surface area contributed by atoms with Gasteiger partial charge in [-0.15, -0.1) is 0 Å². The van der Waals surface area contributed by atoms with Crippen molar-refractivity contribution in [2.45, 2.75) is 26.4 Å². The molecule has 0 aliphatic heterocycles. The van der Waals surface area contributed by atoms with Crippen LogP contribution in [0.1, 0.15) is 20.3 Å². The summed E-state index contributed by atoms with van der Waals surface area (Å²) in [5, 5.41) is 17.8. The summed E-state index contributed by atoms with van der Waals surface area (Å²) in [4.78, 5) is 0. The lowest BCUT2D eigenvalue weighted by Gasteiger charge is -1.95. The molecule has 0 aromatic carbocycles. The van der Waals surface area contributed by atoms with Gasteiger partial charge in [0.1, 0.15) is 0 Å². The quantitative estimate of drug-likeness (QED) is 0.637.